The van der Waals surface area contributed by atoms with Gasteiger partial charge < -0.3 is 10.1 Å². The van der Waals surface area contributed by atoms with Crippen molar-refractivity contribution < 1.29 is 9.53 Å². The Bertz CT molecular complexity index is 503. The van der Waals surface area contributed by atoms with E-state index in [4.69, 9.17) is 4.74 Å². The van der Waals surface area contributed by atoms with Crippen molar-refractivity contribution in [3.63, 3.8) is 0 Å². The molecule has 0 spiro atoms. The van der Waals surface area contributed by atoms with E-state index in [9.17, 15) is 4.79 Å². The van der Waals surface area contributed by atoms with Gasteiger partial charge in [0.25, 0.3) is 0 Å². The molecule has 0 aliphatic carbocycles. The fourth-order valence-corrected chi connectivity index (χ4v) is 3.56. The van der Waals surface area contributed by atoms with Crippen LogP contribution in [0.1, 0.15) is 12.5 Å². The first-order valence-corrected chi connectivity index (χ1v) is 7.31. The van der Waals surface area contributed by atoms with Gasteiger partial charge in [-0.3, -0.25) is 9.69 Å². The van der Waals surface area contributed by atoms with Crippen LogP contribution in [0.2, 0.25) is 0 Å². The fraction of sp³-hybridized carbons (Fsp3) is 0.562. The van der Waals surface area contributed by atoms with E-state index in [0.717, 1.165) is 31.9 Å². The first-order valence-electron chi connectivity index (χ1n) is 7.31. The van der Waals surface area contributed by atoms with Gasteiger partial charge in [0.1, 0.15) is 5.75 Å². The molecule has 2 aliphatic heterocycles. The second kappa shape index (κ2) is 5.44. The highest BCUT2D eigenvalue weighted by Crippen LogP contribution is 2.34. The van der Waals surface area contributed by atoms with E-state index in [1.165, 1.54) is 5.56 Å². The van der Waals surface area contributed by atoms with Crippen LogP contribution in [0, 0.1) is 17.8 Å². The summed E-state index contributed by atoms with van der Waals surface area (Å²) in [6.07, 6.45) is 0. The fourth-order valence-electron chi connectivity index (χ4n) is 3.56. The lowest BCUT2D eigenvalue weighted by Crippen LogP contribution is -2.46. The van der Waals surface area contributed by atoms with Crippen LogP contribution in [0.3, 0.4) is 0 Å². The number of carbonyl (C=O) groups is 1. The number of hydrogen-bond donors (Lipinski definition) is 1. The van der Waals surface area contributed by atoms with Crippen molar-refractivity contribution in [1.82, 2.24) is 10.2 Å². The average Bonchev–Trinajstić information content (AvgIpc) is 2.87. The number of rotatable bonds is 3. The van der Waals surface area contributed by atoms with Crippen molar-refractivity contribution in [2.45, 2.75) is 13.5 Å². The number of fused-ring (bicyclic) bond motifs is 1. The Morgan fingerprint density at radius 3 is 2.95 bits per heavy atom. The number of carbonyl (C=O) groups excluding carboxylic acids is 1. The summed E-state index contributed by atoms with van der Waals surface area (Å²) in [7, 11) is 1.72. The zero-order valence-electron chi connectivity index (χ0n) is 12.1. The molecule has 0 unspecified atom stereocenters. The molecule has 3 rings (SSSR count). The Balaban J connectivity index is 1.70. The molecule has 2 heterocycles. The maximum atomic E-state index is 11.8. The third-order valence-corrected chi connectivity index (χ3v) is 4.75. The Morgan fingerprint density at radius 2 is 2.15 bits per heavy atom. The van der Waals surface area contributed by atoms with Crippen LogP contribution >= 0.6 is 0 Å². The maximum absolute atomic E-state index is 11.8. The molecule has 0 saturated carbocycles. The van der Waals surface area contributed by atoms with Crippen molar-refractivity contribution >= 4 is 5.91 Å². The molecular weight excluding hydrogens is 252 g/mol. The van der Waals surface area contributed by atoms with Crippen LogP contribution in [0.25, 0.3) is 0 Å². The Kier molecular flexibility index (Phi) is 3.66. The van der Waals surface area contributed by atoms with Gasteiger partial charge in [0, 0.05) is 37.7 Å². The number of benzene rings is 1. The molecular formula is C16H22N2O2. The molecule has 2 saturated heterocycles. The van der Waals surface area contributed by atoms with Gasteiger partial charge >= 0.3 is 0 Å². The summed E-state index contributed by atoms with van der Waals surface area (Å²) in [4.78, 5) is 14.2. The monoisotopic (exact) mass is 274 g/mol. The minimum atomic E-state index is 0.136. The number of para-hydroxylation sites is 1. The SMILES string of the molecule is COc1ccccc1CN1C[C@H]2CNC(=O)[C@H](C)[C@H]2C1. The minimum Gasteiger partial charge on any atom is -0.496 e. The first-order chi connectivity index (χ1) is 9.69. The van der Waals surface area contributed by atoms with Crippen LogP contribution in [0.5, 0.6) is 5.75 Å². The second-order valence-corrected chi connectivity index (χ2v) is 5.96. The van der Waals surface area contributed by atoms with Crippen molar-refractivity contribution in [3.05, 3.63) is 29.8 Å². The van der Waals surface area contributed by atoms with Crippen molar-refractivity contribution in [3.8, 4) is 5.75 Å². The van der Waals surface area contributed by atoms with E-state index in [1.54, 1.807) is 7.11 Å². The van der Waals surface area contributed by atoms with E-state index < -0.39 is 0 Å². The molecule has 108 valence electrons. The normalized spacial score (nSPS) is 29.9. The molecule has 1 amide bonds. The molecule has 0 radical (unpaired) electrons. The van der Waals surface area contributed by atoms with E-state index in [-0.39, 0.29) is 11.8 Å². The summed E-state index contributed by atoms with van der Waals surface area (Å²) in [6.45, 7) is 5.86. The van der Waals surface area contributed by atoms with Crippen LogP contribution < -0.4 is 10.1 Å². The molecule has 2 fully saturated rings. The van der Waals surface area contributed by atoms with Gasteiger partial charge in [-0.05, 0) is 17.9 Å². The third-order valence-electron chi connectivity index (χ3n) is 4.75. The number of ether oxygens (including phenoxy) is 1. The topological polar surface area (TPSA) is 41.6 Å². The van der Waals surface area contributed by atoms with Gasteiger partial charge in [-0.2, -0.15) is 0 Å². The summed E-state index contributed by atoms with van der Waals surface area (Å²) in [5, 5.41) is 3.02. The van der Waals surface area contributed by atoms with Crippen molar-refractivity contribution in [2.75, 3.05) is 26.7 Å². The van der Waals surface area contributed by atoms with Crippen LogP contribution in [0.4, 0.5) is 0 Å². The predicted octanol–water partition coefficient (Wildman–Crippen LogP) is 1.51. The number of piperidine rings is 1. The van der Waals surface area contributed by atoms with Gasteiger partial charge in [-0.1, -0.05) is 25.1 Å². The summed E-state index contributed by atoms with van der Waals surface area (Å²) < 4.78 is 5.42. The Hall–Kier alpha value is -1.55. The van der Waals surface area contributed by atoms with Gasteiger partial charge in [0.2, 0.25) is 5.91 Å². The lowest BCUT2D eigenvalue weighted by Gasteiger charge is -2.30. The number of nitrogens with one attached hydrogen (secondary N) is 1. The zero-order valence-corrected chi connectivity index (χ0v) is 12.1. The van der Waals surface area contributed by atoms with Gasteiger partial charge in [0.15, 0.2) is 0 Å². The number of methoxy groups -OCH3 is 1. The summed E-state index contributed by atoms with van der Waals surface area (Å²) in [5.74, 6) is 2.39. The molecule has 2 aliphatic rings. The predicted molar refractivity (Wildman–Crippen MR) is 77.4 cm³/mol. The van der Waals surface area contributed by atoms with E-state index >= 15 is 0 Å². The number of amides is 1. The molecule has 1 N–H and O–H groups in total. The summed E-state index contributed by atoms with van der Waals surface area (Å²) in [5.41, 5.74) is 1.22. The number of nitrogens with zero attached hydrogens (tertiary/aromatic N) is 1. The maximum Gasteiger partial charge on any atom is 0.223 e. The summed E-state index contributed by atoms with van der Waals surface area (Å²) >= 11 is 0. The minimum absolute atomic E-state index is 0.136. The number of hydrogen-bond acceptors (Lipinski definition) is 3. The molecule has 4 heteroatoms. The van der Waals surface area contributed by atoms with Crippen LogP contribution in [-0.4, -0.2) is 37.6 Å². The average molecular weight is 274 g/mol. The zero-order chi connectivity index (χ0) is 14.1. The molecule has 0 bridgehead atoms. The highest BCUT2D eigenvalue weighted by atomic mass is 16.5. The van der Waals surface area contributed by atoms with E-state index in [0.29, 0.717) is 11.8 Å². The largest absolute Gasteiger partial charge is 0.496 e. The van der Waals surface area contributed by atoms with Gasteiger partial charge in [-0.15, -0.1) is 0 Å². The molecule has 1 aromatic rings. The lowest BCUT2D eigenvalue weighted by atomic mass is 9.81. The third kappa shape index (κ3) is 2.40. The summed E-state index contributed by atoms with van der Waals surface area (Å²) in [6, 6.07) is 8.17. The Labute approximate surface area is 120 Å². The Morgan fingerprint density at radius 1 is 1.35 bits per heavy atom. The van der Waals surface area contributed by atoms with Crippen LogP contribution in [-0.2, 0) is 11.3 Å². The van der Waals surface area contributed by atoms with Crippen LogP contribution in [0.15, 0.2) is 24.3 Å². The van der Waals surface area contributed by atoms with Gasteiger partial charge in [-0.25, -0.2) is 0 Å². The highest BCUT2D eigenvalue weighted by molar-refractivity contribution is 5.79. The van der Waals surface area contributed by atoms with Crippen molar-refractivity contribution in [1.29, 1.82) is 0 Å². The molecule has 20 heavy (non-hydrogen) atoms. The van der Waals surface area contributed by atoms with Gasteiger partial charge in [0.05, 0.1) is 7.11 Å². The highest BCUT2D eigenvalue weighted by Gasteiger charge is 2.41. The van der Waals surface area contributed by atoms with E-state index in [2.05, 4.69) is 29.3 Å². The van der Waals surface area contributed by atoms with E-state index in [1.807, 2.05) is 12.1 Å². The molecule has 1 aromatic carbocycles. The smallest absolute Gasteiger partial charge is 0.223 e. The van der Waals surface area contributed by atoms with Crippen molar-refractivity contribution in [2.24, 2.45) is 17.8 Å². The lowest BCUT2D eigenvalue weighted by molar-refractivity contribution is -0.128. The molecule has 3 atom stereocenters. The molecule has 4 nitrogen and oxygen atoms in total. The standard InChI is InChI=1S/C16H22N2O2/c1-11-14-10-18(9-13(14)7-17-16(11)19)8-12-5-3-4-6-15(12)20-2/h3-6,11,13-14H,7-10H2,1-2H3,(H,17,19)/t11-,13-,14-/m1/s1. The molecule has 0 aromatic heterocycles. The second-order valence-electron chi connectivity index (χ2n) is 5.96. The quantitative estimate of drug-likeness (QED) is 0.908. The first kappa shape index (κ1) is 13.4. The number of likely N-dealkylation sites (tertiary alicyclic amines) is 1.